The lowest BCUT2D eigenvalue weighted by atomic mass is 10.1. The predicted octanol–water partition coefficient (Wildman–Crippen LogP) is 2.71. The summed E-state index contributed by atoms with van der Waals surface area (Å²) in [5.74, 6) is 0. The van der Waals surface area contributed by atoms with E-state index < -0.39 is 10.0 Å². The first-order chi connectivity index (χ1) is 9.82. The Hall–Kier alpha value is -1.85. The molecule has 0 spiro atoms. The average Bonchev–Trinajstić information content (AvgIpc) is 2.43. The number of nitrogen functional groups attached to an aromatic ring is 1. The lowest BCUT2D eigenvalue weighted by Gasteiger charge is -2.19. The highest BCUT2D eigenvalue weighted by molar-refractivity contribution is 7.89. The van der Waals surface area contributed by atoms with Crippen molar-refractivity contribution >= 4 is 15.7 Å². The van der Waals surface area contributed by atoms with Gasteiger partial charge >= 0.3 is 0 Å². The minimum atomic E-state index is -3.60. The Kier molecular flexibility index (Phi) is 4.34. The summed E-state index contributed by atoms with van der Waals surface area (Å²) in [6.07, 6.45) is 0. The minimum Gasteiger partial charge on any atom is -0.398 e. The van der Waals surface area contributed by atoms with E-state index in [0.29, 0.717) is 6.54 Å². The van der Waals surface area contributed by atoms with E-state index in [9.17, 15) is 8.42 Å². The van der Waals surface area contributed by atoms with Crippen LogP contribution in [0.3, 0.4) is 0 Å². The summed E-state index contributed by atoms with van der Waals surface area (Å²) in [6.45, 7) is 4.11. The molecule has 2 N–H and O–H groups in total. The molecule has 21 heavy (non-hydrogen) atoms. The molecule has 0 aliphatic heterocycles. The third kappa shape index (κ3) is 3.25. The van der Waals surface area contributed by atoms with Gasteiger partial charge in [0.1, 0.15) is 4.90 Å². The molecule has 0 heterocycles. The molecule has 0 aliphatic carbocycles. The molecule has 2 rings (SSSR count). The molecule has 0 radical (unpaired) electrons. The fourth-order valence-electron chi connectivity index (χ4n) is 2.13. The lowest BCUT2D eigenvalue weighted by Crippen LogP contribution is -2.27. The van der Waals surface area contributed by atoms with Crippen LogP contribution in [0.2, 0.25) is 0 Å². The molecule has 0 saturated heterocycles. The van der Waals surface area contributed by atoms with E-state index in [1.165, 1.54) is 4.31 Å². The van der Waals surface area contributed by atoms with Crippen LogP contribution in [0.25, 0.3) is 0 Å². The third-order valence-corrected chi connectivity index (χ3v) is 5.42. The van der Waals surface area contributed by atoms with E-state index in [1.54, 1.807) is 19.2 Å². The number of nitrogens with two attached hydrogens (primary N) is 1. The molecule has 4 nitrogen and oxygen atoms in total. The van der Waals surface area contributed by atoms with Crippen molar-refractivity contribution in [2.75, 3.05) is 12.8 Å². The first-order valence-corrected chi connectivity index (χ1v) is 8.13. The second kappa shape index (κ2) is 5.87. The van der Waals surface area contributed by atoms with Gasteiger partial charge in [0.15, 0.2) is 0 Å². The van der Waals surface area contributed by atoms with Crippen molar-refractivity contribution in [3.8, 4) is 0 Å². The van der Waals surface area contributed by atoms with Gasteiger partial charge in [-0.25, -0.2) is 8.42 Å². The summed E-state index contributed by atoms with van der Waals surface area (Å²) in [4.78, 5) is 0.170. The van der Waals surface area contributed by atoms with E-state index in [4.69, 9.17) is 5.73 Å². The van der Waals surface area contributed by atoms with E-state index in [-0.39, 0.29) is 10.6 Å². The smallest absolute Gasteiger partial charge is 0.245 e. The van der Waals surface area contributed by atoms with Gasteiger partial charge in [0.2, 0.25) is 10.0 Å². The Balaban J connectivity index is 2.36. The summed E-state index contributed by atoms with van der Waals surface area (Å²) in [5, 5.41) is 0. The topological polar surface area (TPSA) is 63.4 Å². The van der Waals surface area contributed by atoms with Gasteiger partial charge in [0.25, 0.3) is 0 Å². The van der Waals surface area contributed by atoms with Gasteiger partial charge in [-0.3, -0.25) is 0 Å². The van der Waals surface area contributed by atoms with Gasteiger partial charge < -0.3 is 5.73 Å². The monoisotopic (exact) mass is 304 g/mol. The van der Waals surface area contributed by atoms with Crippen LogP contribution >= 0.6 is 0 Å². The summed E-state index contributed by atoms with van der Waals surface area (Å²) < 4.78 is 26.7. The van der Waals surface area contributed by atoms with Crippen LogP contribution in [-0.2, 0) is 16.6 Å². The number of nitrogens with zero attached hydrogens (tertiary/aromatic N) is 1. The number of benzene rings is 2. The Morgan fingerprint density at radius 3 is 2.24 bits per heavy atom. The number of hydrogen-bond donors (Lipinski definition) is 1. The molecular formula is C16H20N2O2S. The van der Waals surface area contributed by atoms with Gasteiger partial charge in [-0.05, 0) is 42.7 Å². The van der Waals surface area contributed by atoms with E-state index in [1.807, 2.05) is 44.2 Å². The van der Waals surface area contributed by atoms with Gasteiger partial charge in [-0.2, -0.15) is 4.31 Å². The van der Waals surface area contributed by atoms with Crippen molar-refractivity contribution in [1.29, 1.82) is 0 Å². The highest BCUT2D eigenvalue weighted by Gasteiger charge is 2.24. The van der Waals surface area contributed by atoms with Crippen molar-refractivity contribution in [3.05, 3.63) is 59.2 Å². The number of hydrogen-bond acceptors (Lipinski definition) is 3. The Labute approximate surface area is 126 Å². The van der Waals surface area contributed by atoms with Crippen molar-refractivity contribution in [2.24, 2.45) is 0 Å². The third-order valence-electron chi connectivity index (χ3n) is 3.56. The molecule has 112 valence electrons. The Morgan fingerprint density at radius 2 is 1.62 bits per heavy atom. The molecule has 2 aromatic rings. The van der Waals surface area contributed by atoms with Crippen LogP contribution in [0, 0.1) is 13.8 Å². The first-order valence-electron chi connectivity index (χ1n) is 6.69. The fraction of sp³-hybridized carbons (Fsp3) is 0.250. The molecule has 0 aromatic heterocycles. The summed E-state index contributed by atoms with van der Waals surface area (Å²) >= 11 is 0. The van der Waals surface area contributed by atoms with E-state index >= 15 is 0 Å². The first kappa shape index (κ1) is 15.5. The molecular weight excluding hydrogens is 284 g/mol. The zero-order valence-corrected chi connectivity index (χ0v) is 13.3. The zero-order valence-electron chi connectivity index (χ0n) is 12.5. The highest BCUT2D eigenvalue weighted by Crippen LogP contribution is 2.26. The molecule has 0 amide bonds. The minimum absolute atomic E-state index is 0.170. The number of sulfonamides is 1. The van der Waals surface area contributed by atoms with Crippen molar-refractivity contribution < 1.29 is 8.42 Å². The molecule has 0 unspecified atom stereocenters. The highest BCUT2D eigenvalue weighted by atomic mass is 32.2. The molecule has 0 fully saturated rings. The summed E-state index contributed by atoms with van der Waals surface area (Å²) in [7, 11) is -2.03. The second-order valence-corrected chi connectivity index (χ2v) is 7.23. The standard InChI is InChI=1S/C16H20N2O2S/c1-12-9-15(17)16(10-13(12)2)21(19,20)18(3)11-14-7-5-4-6-8-14/h4-10H,11,17H2,1-3H3. The normalized spacial score (nSPS) is 11.8. The van der Waals surface area contributed by atoms with E-state index in [0.717, 1.165) is 16.7 Å². The van der Waals surface area contributed by atoms with Crippen molar-refractivity contribution in [2.45, 2.75) is 25.3 Å². The summed E-state index contributed by atoms with van der Waals surface area (Å²) in [6, 6.07) is 12.8. The number of rotatable bonds is 4. The molecule has 0 saturated carbocycles. The molecule has 5 heteroatoms. The van der Waals surface area contributed by atoms with Crippen LogP contribution in [0.15, 0.2) is 47.4 Å². The maximum atomic E-state index is 12.7. The van der Waals surface area contributed by atoms with Crippen LogP contribution < -0.4 is 5.73 Å². The predicted molar refractivity (Wildman–Crippen MR) is 85.4 cm³/mol. The fourth-order valence-corrected chi connectivity index (χ4v) is 3.47. The van der Waals surface area contributed by atoms with Crippen molar-refractivity contribution in [1.82, 2.24) is 4.31 Å². The van der Waals surface area contributed by atoms with Gasteiger partial charge in [-0.15, -0.1) is 0 Å². The SMILES string of the molecule is Cc1cc(N)c(S(=O)(=O)N(C)Cc2ccccc2)cc1C. The van der Waals surface area contributed by atoms with E-state index in [2.05, 4.69) is 0 Å². The second-order valence-electron chi connectivity index (χ2n) is 5.22. The molecule has 0 aliphatic rings. The molecule has 0 atom stereocenters. The number of aryl methyl sites for hydroxylation is 2. The molecule has 0 bridgehead atoms. The van der Waals surface area contributed by atoms with Crippen LogP contribution in [0.4, 0.5) is 5.69 Å². The van der Waals surface area contributed by atoms with Crippen LogP contribution in [0.5, 0.6) is 0 Å². The Morgan fingerprint density at radius 1 is 1.05 bits per heavy atom. The maximum absolute atomic E-state index is 12.7. The maximum Gasteiger partial charge on any atom is 0.245 e. The van der Waals surface area contributed by atoms with Crippen LogP contribution in [-0.4, -0.2) is 19.8 Å². The lowest BCUT2D eigenvalue weighted by molar-refractivity contribution is 0.467. The van der Waals surface area contributed by atoms with Gasteiger partial charge in [0, 0.05) is 13.6 Å². The van der Waals surface area contributed by atoms with Gasteiger partial charge in [0.05, 0.1) is 5.69 Å². The van der Waals surface area contributed by atoms with Gasteiger partial charge in [-0.1, -0.05) is 30.3 Å². The molecule has 2 aromatic carbocycles. The zero-order chi connectivity index (χ0) is 15.6. The summed E-state index contributed by atoms with van der Waals surface area (Å²) in [5.41, 5.74) is 9.02. The average molecular weight is 304 g/mol. The largest absolute Gasteiger partial charge is 0.398 e. The quantitative estimate of drug-likeness (QED) is 0.883. The van der Waals surface area contributed by atoms with Crippen LogP contribution in [0.1, 0.15) is 16.7 Å². The number of anilines is 1. The Bertz CT molecular complexity index is 740. The van der Waals surface area contributed by atoms with Crippen molar-refractivity contribution in [3.63, 3.8) is 0 Å².